The van der Waals surface area contributed by atoms with Crippen LogP contribution in [-0.4, -0.2) is 0 Å². The van der Waals surface area contributed by atoms with Crippen LogP contribution in [0, 0.1) is 5.92 Å². The molecule has 132 valence electrons. The van der Waals surface area contributed by atoms with Crippen molar-refractivity contribution in [3.63, 3.8) is 0 Å². The van der Waals surface area contributed by atoms with Crippen molar-refractivity contribution in [2.45, 2.75) is 61.7 Å². The molecule has 1 fully saturated rings. The summed E-state index contributed by atoms with van der Waals surface area (Å²) in [6.07, 6.45) is 17.6. The van der Waals surface area contributed by atoms with Crippen LogP contribution in [0.2, 0.25) is 16.2 Å². The fourth-order valence-electron chi connectivity index (χ4n) is 5.57. The van der Waals surface area contributed by atoms with E-state index in [0.717, 1.165) is 9.59 Å². The van der Waals surface area contributed by atoms with Crippen LogP contribution in [0.15, 0.2) is 54.1 Å². The predicted molar refractivity (Wildman–Crippen MR) is 107 cm³/mol. The second kappa shape index (κ2) is 7.51. The first kappa shape index (κ1) is 17.7. The number of rotatable bonds is 8. The molecule has 0 aromatic heterocycles. The summed E-state index contributed by atoms with van der Waals surface area (Å²) in [4.78, 5) is 0. The molecule has 3 aliphatic rings. The van der Waals surface area contributed by atoms with E-state index in [9.17, 15) is 0 Å². The average molecular weight is 499 g/mol. The van der Waals surface area contributed by atoms with Crippen molar-refractivity contribution in [1.29, 1.82) is 0 Å². The second-order valence-electron chi connectivity index (χ2n) is 8.40. The van der Waals surface area contributed by atoms with Crippen LogP contribution >= 0.6 is 0 Å². The van der Waals surface area contributed by atoms with Crippen molar-refractivity contribution < 1.29 is 20.0 Å². The van der Waals surface area contributed by atoms with E-state index in [4.69, 9.17) is 0 Å². The van der Waals surface area contributed by atoms with Crippen LogP contribution in [0.3, 0.4) is 0 Å². The summed E-state index contributed by atoms with van der Waals surface area (Å²) in [7, 11) is 0. The Bertz CT molecular complexity index is 705. The van der Waals surface area contributed by atoms with E-state index in [-0.39, 0.29) is 0 Å². The van der Waals surface area contributed by atoms with Gasteiger partial charge < -0.3 is 0 Å². The van der Waals surface area contributed by atoms with Crippen molar-refractivity contribution in [3.05, 3.63) is 65.3 Å². The maximum absolute atomic E-state index is 2.54. The molecule has 3 unspecified atom stereocenters. The SMILES string of the molecule is CCC[CH2][Hf]1([CH](C2=CC=CC2)C(CC)C2C=Cc3ccccc32)[CH2][CH2]1. The summed E-state index contributed by atoms with van der Waals surface area (Å²) in [6, 6.07) is 9.13. The van der Waals surface area contributed by atoms with Crippen LogP contribution in [0.1, 0.15) is 56.6 Å². The molecule has 0 N–H and O–H groups in total. The first-order chi connectivity index (χ1) is 12.3. The molecule has 3 atom stereocenters. The maximum atomic E-state index is 2.54. The molecule has 1 aromatic carbocycles. The Labute approximate surface area is 158 Å². The van der Waals surface area contributed by atoms with E-state index in [0.29, 0.717) is 5.92 Å². The molecule has 0 saturated carbocycles. The Balaban J connectivity index is 1.67. The molecule has 2 aliphatic carbocycles. The van der Waals surface area contributed by atoms with Crippen molar-refractivity contribution >= 4 is 6.08 Å². The molecule has 0 spiro atoms. The molecule has 1 heterocycles. The number of benzene rings is 1. The Morgan fingerprint density at radius 1 is 1.16 bits per heavy atom. The van der Waals surface area contributed by atoms with E-state index in [2.05, 4.69) is 68.5 Å². The molecule has 1 heteroatoms. The van der Waals surface area contributed by atoms with Gasteiger partial charge in [0.05, 0.1) is 0 Å². The van der Waals surface area contributed by atoms with Gasteiger partial charge in [0.25, 0.3) is 0 Å². The van der Waals surface area contributed by atoms with Gasteiger partial charge in [-0.05, 0) is 0 Å². The first-order valence-corrected chi connectivity index (χ1v) is 20.1. The Hall–Kier alpha value is -0.690. The van der Waals surface area contributed by atoms with E-state index in [1.165, 1.54) is 31.2 Å². The molecule has 4 rings (SSSR count). The Morgan fingerprint density at radius 3 is 2.68 bits per heavy atom. The van der Waals surface area contributed by atoms with Crippen LogP contribution in [0.5, 0.6) is 0 Å². The summed E-state index contributed by atoms with van der Waals surface area (Å²) < 4.78 is 5.98. The first-order valence-electron chi connectivity index (χ1n) is 10.4. The third-order valence-electron chi connectivity index (χ3n) is 6.98. The minimum atomic E-state index is -2.09. The minimum absolute atomic E-state index is 0.659. The predicted octanol–water partition coefficient (Wildman–Crippen LogP) is 7.72. The zero-order valence-corrected chi connectivity index (χ0v) is 19.5. The third-order valence-corrected chi connectivity index (χ3v) is 25.8. The van der Waals surface area contributed by atoms with E-state index < -0.39 is 20.0 Å². The quantitative estimate of drug-likeness (QED) is 0.322. The van der Waals surface area contributed by atoms with Gasteiger partial charge in [0, 0.05) is 0 Å². The summed E-state index contributed by atoms with van der Waals surface area (Å²) in [6.45, 7) is 4.84. The summed E-state index contributed by atoms with van der Waals surface area (Å²) in [5, 5.41) is 0. The third kappa shape index (κ3) is 3.34. The topological polar surface area (TPSA) is 0 Å². The summed E-state index contributed by atoms with van der Waals surface area (Å²) in [5.41, 5.74) is 4.89. The molecule has 1 aliphatic heterocycles. The summed E-state index contributed by atoms with van der Waals surface area (Å²) >= 11 is -2.09. The van der Waals surface area contributed by atoms with Gasteiger partial charge in [0.15, 0.2) is 0 Å². The van der Waals surface area contributed by atoms with Crippen LogP contribution in [0.25, 0.3) is 6.08 Å². The summed E-state index contributed by atoms with van der Waals surface area (Å²) in [5.74, 6) is 1.50. The van der Waals surface area contributed by atoms with Crippen molar-refractivity contribution in [3.8, 4) is 0 Å². The molecule has 0 nitrogen and oxygen atoms in total. The monoisotopic (exact) mass is 500 g/mol. The van der Waals surface area contributed by atoms with Crippen LogP contribution < -0.4 is 0 Å². The fraction of sp³-hybridized carbons (Fsp3) is 0.500. The van der Waals surface area contributed by atoms with Gasteiger partial charge >= 0.3 is 159 Å². The van der Waals surface area contributed by atoms with Gasteiger partial charge in [-0.3, -0.25) is 0 Å². The van der Waals surface area contributed by atoms with Gasteiger partial charge in [-0.15, -0.1) is 0 Å². The zero-order valence-electron chi connectivity index (χ0n) is 15.9. The van der Waals surface area contributed by atoms with Crippen molar-refractivity contribution in [2.24, 2.45) is 5.92 Å². The van der Waals surface area contributed by atoms with Gasteiger partial charge in [0.1, 0.15) is 0 Å². The Kier molecular flexibility index (Phi) is 5.32. The normalized spacial score (nSPS) is 24.9. The molecular weight excluding hydrogens is 467 g/mol. The van der Waals surface area contributed by atoms with Crippen LogP contribution in [-0.2, 0) is 20.0 Å². The number of hydrogen-bond donors (Lipinski definition) is 0. The van der Waals surface area contributed by atoms with E-state index in [1.54, 1.807) is 18.1 Å². The molecule has 0 amide bonds. The zero-order chi connectivity index (χ0) is 17.3. The van der Waals surface area contributed by atoms with Crippen molar-refractivity contribution in [2.75, 3.05) is 0 Å². The second-order valence-corrected chi connectivity index (χ2v) is 25.8. The Morgan fingerprint density at radius 2 is 2.00 bits per heavy atom. The number of hydrogen-bond acceptors (Lipinski definition) is 0. The molecular formula is C24H32Hf. The average Bonchev–Trinajstić information content (AvgIpc) is 3.05. The van der Waals surface area contributed by atoms with Gasteiger partial charge in [-0.25, -0.2) is 0 Å². The number of allylic oxidation sites excluding steroid dienone is 5. The van der Waals surface area contributed by atoms with E-state index >= 15 is 0 Å². The fourth-order valence-corrected chi connectivity index (χ4v) is 33.6. The van der Waals surface area contributed by atoms with Crippen LogP contribution in [0.4, 0.5) is 0 Å². The van der Waals surface area contributed by atoms with Gasteiger partial charge in [0.2, 0.25) is 0 Å². The van der Waals surface area contributed by atoms with E-state index in [1.807, 2.05) is 5.57 Å². The molecule has 1 aromatic rings. The standard InChI is InChI=1S/C18H19.C4H9.C2H4.Hf/c1-2-15(13-14-7-3-4-8-14)18-12-11-16-9-5-6-10-17(16)18;1-3-4-2;1-2;/h3-7,9-13,15,18H,2,8H2,1H3;1,3-4H2,2H3;1-2H2;. The van der Waals surface area contributed by atoms with Crippen molar-refractivity contribution in [1.82, 2.24) is 0 Å². The number of fused-ring (bicyclic) bond motifs is 1. The van der Waals surface area contributed by atoms with Gasteiger partial charge in [-0.1, -0.05) is 0 Å². The molecule has 0 bridgehead atoms. The molecule has 25 heavy (non-hydrogen) atoms. The number of unbranched alkanes of at least 4 members (excludes halogenated alkanes) is 1. The molecule has 1 saturated heterocycles. The molecule has 0 radical (unpaired) electrons. The van der Waals surface area contributed by atoms with Gasteiger partial charge in [-0.2, -0.15) is 0 Å².